The number of hydrogen-bond acceptors (Lipinski definition) is 3. The zero-order chi connectivity index (χ0) is 13.9. The highest BCUT2D eigenvalue weighted by molar-refractivity contribution is 6.30. The second-order valence-electron chi connectivity index (χ2n) is 4.93. The molecule has 1 aromatic heterocycles. The first-order valence-electron chi connectivity index (χ1n) is 5.95. The Balaban J connectivity index is 2.16. The summed E-state index contributed by atoms with van der Waals surface area (Å²) in [4.78, 5) is 8.09. The summed E-state index contributed by atoms with van der Waals surface area (Å²) in [5.74, 6) is 0.299. The molecule has 1 heterocycles. The van der Waals surface area contributed by atoms with E-state index in [2.05, 4.69) is 15.3 Å². The van der Waals surface area contributed by atoms with Crippen molar-refractivity contribution in [2.75, 3.05) is 11.9 Å². The highest BCUT2D eigenvalue weighted by Gasteiger charge is 2.25. The van der Waals surface area contributed by atoms with E-state index in [1.54, 1.807) is 36.8 Å². The van der Waals surface area contributed by atoms with Gasteiger partial charge in [0.25, 0.3) is 0 Å². The monoisotopic (exact) mass is 279 g/mol. The summed E-state index contributed by atoms with van der Waals surface area (Å²) < 4.78 is 14.0. The molecule has 0 unspecified atom stereocenters. The van der Waals surface area contributed by atoms with E-state index in [4.69, 9.17) is 11.6 Å². The smallest absolute Gasteiger partial charge is 0.145 e. The van der Waals surface area contributed by atoms with Gasteiger partial charge in [0.1, 0.15) is 11.6 Å². The molecule has 100 valence electrons. The number of aromatic nitrogens is 2. The Labute approximate surface area is 116 Å². The highest BCUT2D eigenvalue weighted by Crippen LogP contribution is 2.29. The Morgan fingerprint density at radius 2 is 2.11 bits per heavy atom. The van der Waals surface area contributed by atoms with Crippen molar-refractivity contribution in [2.24, 2.45) is 0 Å². The van der Waals surface area contributed by atoms with Crippen LogP contribution in [0.15, 0.2) is 36.8 Å². The third-order valence-corrected chi connectivity index (χ3v) is 3.25. The maximum Gasteiger partial charge on any atom is 0.145 e. The summed E-state index contributed by atoms with van der Waals surface area (Å²) in [7, 11) is 0. The fourth-order valence-corrected chi connectivity index (χ4v) is 2.00. The largest absolute Gasteiger partial charge is 0.368 e. The van der Waals surface area contributed by atoms with Crippen molar-refractivity contribution in [3.05, 3.63) is 53.2 Å². The minimum atomic E-state index is -0.410. The lowest BCUT2D eigenvalue weighted by Gasteiger charge is -2.26. The average molecular weight is 280 g/mol. The number of hydrogen-bond donors (Lipinski definition) is 1. The molecule has 0 saturated carbocycles. The molecule has 1 aromatic carbocycles. The van der Waals surface area contributed by atoms with E-state index < -0.39 is 5.41 Å². The van der Waals surface area contributed by atoms with E-state index in [1.165, 1.54) is 0 Å². The van der Waals surface area contributed by atoms with Gasteiger partial charge in [0, 0.05) is 24.4 Å². The van der Waals surface area contributed by atoms with Gasteiger partial charge in [-0.05, 0) is 11.6 Å². The number of rotatable bonds is 4. The van der Waals surface area contributed by atoms with Gasteiger partial charge in [-0.3, -0.25) is 4.98 Å². The summed E-state index contributed by atoms with van der Waals surface area (Å²) in [5, 5.41) is 3.29. The van der Waals surface area contributed by atoms with Gasteiger partial charge in [0.15, 0.2) is 0 Å². The second-order valence-corrected chi connectivity index (χ2v) is 5.34. The van der Waals surface area contributed by atoms with E-state index in [1.807, 2.05) is 13.8 Å². The number of anilines is 1. The Kier molecular flexibility index (Phi) is 4.00. The lowest BCUT2D eigenvalue weighted by molar-refractivity contribution is 0.504. The van der Waals surface area contributed by atoms with Crippen LogP contribution < -0.4 is 5.32 Å². The van der Waals surface area contributed by atoms with Crippen LogP contribution in [-0.4, -0.2) is 16.5 Å². The van der Waals surface area contributed by atoms with Crippen LogP contribution in [0.25, 0.3) is 0 Å². The van der Waals surface area contributed by atoms with Crippen LogP contribution in [-0.2, 0) is 5.41 Å². The molecule has 0 saturated heterocycles. The van der Waals surface area contributed by atoms with Gasteiger partial charge in [-0.15, -0.1) is 0 Å². The Morgan fingerprint density at radius 1 is 1.32 bits per heavy atom. The van der Waals surface area contributed by atoms with Crippen molar-refractivity contribution in [3.63, 3.8) is 0 Å². The molecule has 0 bridgehead atoms. The van der Waals surface area contributed by atoms with Crippen molar-refractivity contribution >= 4 is 17.4 Å². The second kappa shape index (κ2) is 5.53. The lowest BCUT2D eigenvalue weighted by Crippen LogP contribution is -2.29. The molecule has 0 aliphatic rings. The molecule has 0 aliphatic heterocycles. The first-order valence-corrected chi connectivity index (χ1v) is 6.33. The Bertz CT molecular complexity index is 558. The highest BCUT2D eigenvalue weighted by atomic mass is 35.5. The molecule has 0 spiro atoms. The normalized spacial score (nSPS) is 11.4. The zero-order valence-electron chi connectivity index (χ0n) is 10.8. The van der Waals surface area contributed by atoms with E-state index in [-0.39, 0.29) is 10.8 Å². The predicted octanol–water partition coefficient (Wildman–Crippen LogP) is 3.66. The predicted molar refractivity (Wildman–Crippen MR) is 75.0 cm³/mol. The van der Waals surface area contributed by atoms with Crippen LogP contribution >= 0.6 is 11.6 Å². The number of halogens is 2. The van der Waals surface area contributed by atoms with Gasteiger partial charge >= 0.3 is 0 Å². The first-order chi connectivity index (χ1) is 9.00. The van der Waals surface area contributed by atoms with Gasteiger partial charge in [-0.1, -0.05) is 37.6 Å². The molecular formula is C14H15ClFN3. The molecule has 2 aromatic rings. The quantitative estimate of drug-likeness (QED) is 0.928. The average Bonchev–Trinajstić information content (AvgIpc) is 2.41. The van der Waals surface area contributed by atoms with Crippen LogP contribution in [0.3, 0.4) is 0 Å². The molecule has 1 N–H and O–H groups in total. The van der Waals surface area contributed by atoms with E-state index in [9.17, 15) is 4.39 Å². The maximum absolute atomic E-state index is 14.0. The molecule has 0 radical (unpaired) electrons. The third-order valence-electron chi connectivity index (χ3n) is 2.96. The number of nitrogens with zero attached hydrogens (tertiary/aromatic N) is 2. The molecule has 0 fully saturated rings. The van der Waals surface area contributed by atoms with Gasteiger partial charge < -0.3 is 5.32 Å². The van der Waals surface area contributed by atoms with Gasteiger partial charge in [-0.25, -0.2) is 9.37 Å². The van der Waals surface area contributed by atoms with Crippen molar-refractivity contribution in [3.8, 4) is 0 Å². The molecule has 5 heteroatoms. The van der Waals surface area contributed by atoms with E-state index >= 15 is 0 Å². The van der Waals surface area contributed by atoms with E-state index in [0.717, 1.165) is 0 Å². The fourth-order valence-electron chi connectivity index (χ4n) is 1.82. The maximum atomic E-state index is 14.0. The van der Waals surface area contributed by atoms with Crippen LogP contribution in [0.4, 0.5) is 10.2 Å². The van der Waals surface area contributed by atoms with Gasteiger partial charge in [0.2, 0.25) is 0 Å². The van der Waals surface area contributed by atoms with Crippen molar-refractivity contribution in [1.29, 1.82) is 0 Å². The van der Waals surface area contributed by atoms with Crippen LogP contribution in [0.5, 0.6) is 0 Å². The molecule has 0 aliphatic carbocycles. The number of benzene rings is 1. The molecule has 0 atom stereocenters. The Morgan fingerprint density at radius 3 is 2.79 bits per heavy atom. The minimum absolute atomic E-state index is 0.144. The standard InChI is InChI=1S/C14H15ClFN3/c1-14(2,9-19-12-8-17-6-7-18-12)10-4-3-5-11(15)13(10)16/h3-8H,9H2,1-2H3,(H,18,19). The topological polar surface area (TPSA) is 37.8 Å². The molecule has 19 heavy (non-hydrogen) atoms. The summed E-state index contributed by atoms with van der Waals surface area (Å²) in [6, 6.07) is 5.05. The van der Waals surface area contributed by atoms with Crippen molar-refractivity contribution < 1.29 is 4.39 Å². The summed E-state index contributed by atoms with van der Waals surface area (Å²) >= 11 is 5.82. The molecular weight excluding hydrogens is 265 g/mol. The van der Waals surface area contributed by atoms with Crippen LogP contribution in [0.1, 0.15) is 19.4 Å². The fraction of sp³-hybridized carbons (Fsp3) is 0.286. The summed E-state index contributed by atoms with van der Waals surface area (Å²) in [6.07, 6.45) is 4.84. The van der Waals surface area contributed by atoms with Crippen molar-refractivity contribution in [1.82, 2.24) is 9.97 Å². The number of nitrogens with one attached hydrogen (secondary N) is 1. The summed E-state index contributed by atoms with van der Waals surface area (Å²) in [5.41, 5.74) is 0.170. The summed E-state index contributed by atoms with van der Waals surface area (Å²) in [6.45, 7) is 4.43. The van der Waals surface area contributed by atoms with Gasteiger partial charge in [0.05, 0.1) is 11.2 Å². The Hall–Kier alpha value is -1.68. The lowest BCUT2D eigenvalue weighted by atomic mass is 9.84. The molecule has 0 amide bonds. The van der Waals surface area contributed by atoms with Crippen LogP contribution in [0.2, 0.25) is 5.02 Å². The van der Waals surface area contributed by atoms with Crippen LogP contribution in [0, 0.1) is 5.82 Å². The zero-order valence-corrected chi connectivity index (χ0v) is 11.6. The van der Waals surface area contributed by atoms with E-state index in [0.29, 0.717) is 17.9 Å². The molecule has 3 nitrogen and oxygen atoms in total. The van der Waals surface area contributed by atoms with Crippen molar-refractivity contribution in [2.45, 2.75) is 19.3 Å². The minimum Gasteiger partial charge on any atom is -0.368 e. The first kappa shape index (κ1) is 13.7. The van der Waals surface area contributed by atoms with Gasteiger partial charge in [-0.2, -0.15) is 0 Å². The third kappa shape index (κ3) is 3.20. The molecule has 2 rings (SSSR count). The SMILES string of the molecule is CC(C)(CNc1cnccn1)c1cccc(Cl)c1F.